The summed E-state index contributed by atoms with van der Waals surface area (Å²) in [6.07, 6.45) is 1.95. The minimum Gasteiger partial charge on any atom is -0.484 e. The molecule has 0 bridgehead atoms. The van der Waals surface area contributed by atoms with Crippen LogP contribution in [0.2, 0.25) is 0 Å². The largest absolute Gasteiger partial charge is 0.484 e. The number of carbonyl (C=O) groups is 1. The van der Waals surface area contributed by atoms with Gasteiger partial charge in [0.15, 0.2) is 12.4 Å². The van der Waals surface area contributed by atoms with Crippen LogP contribution in [0, 0.1) is 5.82 Å². The van der Waals surface area contributed by atoms with Crippen LogP contribution in [0.25, 0.3) is 0 Å². The highest BCUT2D eigenvalue weighted by Crippen LogP contribution is 2.26. The van der Waals surface area contributed by atoms with Gasteiger partial charge in [0, 0.05) is 10.5 Å². The molecule has 0 atom stereocenters. The molecule has 4 heteroatoms. The molecule has 19 heavy (non-hydrogen) atoms. The fraction of sp³-hybridized carbons (Fsp3) is 0.133. The first-order chi connectivity index (χ1) is 9.20. The minimum absolute atomic E-state index is 0.0524. The zero-order valence-corrected chi connectivity index (χ0v) is 11.2. The summed E-state index contributed by atoms with van der Waals surface area (Å²) in [6, 6.07) is 13.0. The summed E-state index contributed by atoms with van der Waals surface area (Å²) >= 11 is 1.56. The lowest BCUT2D eigenvalue weighted by Crippen LogP contribution is -2.11. The van der Waals surface area contributed by atoms with Gasteiger partial charge in [-0.25, -0.2) is 4.39 Å². The molecule has 98 valence electrons. The SMILES string of the molecule is CSc1ccccc1OCC(=O)c1ccc(F)cc1. The zero-order chi connectivity index (χ0) is 13.7. The van der Waals surface area contributed by atoms with Gasteiger partial charge in [-0.1, -0.05) is 12.1 Å². The number of carbonyl (C=O) groups excluding carboxylic acids is 1. The first-order valence-corrected chi connectivity index (χ1v) is 6.98. The van der Waals surface area contributed by atoms with Crippen LogP contribution in [0.5, 0.6) is 5.75 Å². The molecule has 0 aromatic heterocycles. The quantitative estimate of drug-likeness (QED) is 0.613. The monoisotopic (exact) mass is 276 g/mol. The maximum absolute atomic E-state index is 12.8. The maximum Gasteiger partial charge on any atom is 0.200 e. The van der Waals surface area contributed by atoms with Gasteiger partial charge in [-0.15, -0.1) is 11.8 Å². The van der Waals surface area contributed by atoms with Gasteiger partial charge < -0.3 is 4.74 Å². The van der Waals surface area contributed by atoms with E-state index < -0.39 is 0 Å². The van der Waals surface area contributed by atoms with Gasteiger partial charge in [0.05, 0.1) is 0 Å². The molecule has 0 fully saturated rings. The number of hydrogen-bond donors (Lipinski definition) is 0. The molecule has 0 aliphatic rings. The van der Waals surface area contributed by atoms with Gasteiger partial charge in [-0.3, -0.25) is 4.79 Å². The Kier molecular flexibility index (Phi) is 4.58. The number of para-hydroxylation sites is 1. The molecule has 0 aliphatic heterocycles. The van der Waals surface area contributed by atoms with Crippen LogP contribution in [0.3, 0.4) is 0 Å². The summed E-state index contributed by atoms with van der Waals surface area (Å²) < 4.78 is 18.3. The number of thioether (sulfide) groups is 1. The lowest BCUT2D eigenvalue weighted by Gasteiger charge is -2.09. The lowest BCUT2D eigenvalue weighted by atomic mass is 10.1. The third kappa shape index (κ3) is 3.58. The van der Waals surface area contributed by atoms with Crippen molar-refractivity contribution in [3.8, 4) is 5.75 Å². The zero-order valence-electron chi connectivity index (χ0n) is 10.4. The second kappa shape index (κ2) is 6.38. The number of ketones is 1. The summed E-state index contributed by atoms with van der Waals surface area (Å²) in [5.74, 6) is 0.159. The van der Waals surface area contributed by atoms with Crippen LogP contribution in [-0.2, 0) is 0 Å². The van der Waals surface area contributed by atoms with Crippen molar-refractivity contribution in [3.63, 3.8) is 0 Å². The summed E-state index contributed by atoms with van der Waals surface area (Å²) in [6.45, 7) is -0.0524. The third-order valence-corrected chi connectivity index (χ3v) is 3.37. The molecule has 2 aromatic rings. The Morgan fingerprint density at radius 2 is 1.84 bits per heavy atom. The molecule has 2 nitrogen and oxygen atoms in total. The molecule has 0 saturated heterocycles. The van der Waals surface area contributed by atoms with E-state index in [4.69, 9.17) is 4.74 Å². The van der Waals surface area contributed by atoms with E-state index in [1.807, 2.05) is 30.5 Å². The molecule has 0 heterocycles. The topological polar surface area (TPSA) is 26.3 Å². The molecular formula is C15H13FO2S. The smallest absolute Gasteiger partial charge is 0.200 e. The standard InChI is InChI=1S/C15H13FO2S/c1-19-15-5-3-2-4-14(15)18-10-13(17)11-6-8-12(16)9-7-11/h2-9H,10H2,1H3. The summed E-state index contributed by atoms with van der Waals surface area (Å²) in [4.78, 5) is 12.9. The number of Topliss-reactive ketones (excluding diaryl/α,β-unsaturated/α-hetero) is 1. The van der Waals surface area contributed by atoms with Crippen molar-refractivity contribution < 1.29 is 13.9 Å². The van der Waals surface area contributed by atoms with E-state index in [0.29, 0.717) is 11.3 Å². The Morgan fingerprint density at radius 3 is 2.53 bits per heavy atom. The maximum atomic E-state index is 12.8. The van der Waals surface area contributed by atoms with Gasteiger partial charge in [-0.05, 0) is 42.7 Å². The van der Waals surface area contributed by atoms with Crippen LogP contribution >= 0.6 is 11.8 Å². The van der Waals surface area contributed by atoms with Gasteiger partial charge in [0.25, 0.3) is 0 Å². The molecule has 0 spiro atoms. The van der Waals surface area contributed by atoms with Crippen molar-refractivity contribution in [2.45, 2.75) is 4.90 Å². The Morgan fingerprint density at radius 1 is 1.16 bits per heavy atom. The van der Waals surface area contributed by atoms with Crippen molar-refractivity contribution in [1.82, 2.24) is 0 Å². The number of rotatable bonds is 5. The summed E-state index contributed by atoms with van der Waals surface area (Å²) in [5.41, 5.74) is 0.447. The highest BCUT2D eigenvalue weighted by molar-refractivity contribution is 7.98. The third-order valence-electron chi connectivity index (χ3n) is 2.59. The van der Waals surface area contributed by atoms with Crippen molar-refractivity contribution in [3.05, 3.63) is 59.9 Å². The van der Waals surface area contributed by atoms with Crippen LogP contribution in [-0.4, -0.2) is 18.6 Å². The fourth-order valence-electron chi connectivity index (χ4n) is 1.60. The molecular weight excluding hydrogens is 263 g/mol. The Balaban J connectivity index is 2.02. The van der Waals surface area contributed by atoms with E-state index in [1.165, 1.54) is 24.3 Å². The van der Waals surface area contributed by atoms with E-state index in [0.717, 1.165) is 4.90 Å². The number of benzene rings is 2. The Hall–Kier alpha value is -1.81. The second-order valence-corrected chi connectivity index (χ2v) is 4.72. The van der Waals surface area contributed by atoms with Gasteiger partial charge in [-0.2, -0.15) is 0 Å². The molecule has 0 unspecified atom stereocenters. The van der Waals surface area contributed by atoms with E-state index in [2.05, 4.69) is 0 Å². The average Bonchev–Trinajstić information content (AvgIpc) is 2.45. The highest BCUT2D eigenvalue weighted by Gasteiger charge is 2.08. The highest BCUT2D eigenvalue weighted by atomic mass is 32.2. The van der Waals surface area contributed by atoms with Crippen molar-refractivity contribution in [2.24, 2.45) is 0 Å². The molecule has 0 aliphatic carbocycles. The number of ether oxygens (including phenoxy) is 1. The first kappa shape index (κ1) is 13.6. The van der Waals surface area contributed by atoms with Gasteiger partial charge in [0.2, 0.25) is 0 Å². The average molecular weight is 276 g/mol. The Labute approximate surface area is 115 Å². The predicted octanol–water partition coefficient (Wildman–Crippen LogP) is 3.81. The summed E-state index contributed by atoms with van der Waals surface area (Å²) in [7, 11) is 0. The van der Waals surface area contributed by atoms with Crippen molar-refractivity contribution in [2.75, 3.05) is 12.9 Å². The van der Waals surface area contributed by atoms with Crippen LogP contribution in [0.4, 0.5) is 4.39 Å². The molecule has 0 N–H and O–H groups in total. The minimum atomic E-state index is -0.356. The second-order valence-electron chi connectivity index (χ2n) is 3.87. The van der Waals surface area contributed by atoms with E-state index in [-0.39, 0.29) is 18.2 Å². The predicted molar refractivity (Wildman–Crippen MR) is 74.4 cm³/mol. The molecule has 0 amide bonds. The normalized spacial score (nSPS) is 10.2. The van der Waals surface area contributed by atoms with Crippen molar-refractivity contribution in [1.29, 1.82) is 0 Å². The Bertz CT molecular complexity index is 567. The summed E-state index contributed by atoms with van der Waals surface area (Å²) in [5, 5.41) is 0. The van der Waals surface area contributed by atoms with E-state index >= 15 is 0 Å². The molecule has 0 saturated carbocycles. The van der Waals surface area contributed by atoms with Gasteiger partial charge in [0.1, 0.15) is 11.6 Å². The van der Waals surface area contributed by atoms with Crippen molar-refractivity contribution >= 4 is 17.5 Å². The van der Waals surface area contributed by atoms with Crippen LogP contribution < -0.4 is 4.74 Å². The van der Waals surface area contributed by atoms with Crippen LogP contribution in [0.1, 0.15) is 10.4 Å². The van der Waals surface area contributed by atoms with E-state index in [9.17, 15) is 9.18 Å². The molecule has 2 rings (SSSR count). The fourth-order valence-corrected chi connectivity index (χ4v) is 2.14. The van der Waals surface area contributed by atoms with Crippen LogP contribution in [0.15, 0.2) is 53.4 Å². The van der Waals surface area contributed by atoms with E-state index in [1.54, 1.807) is 11.8 Å². The number of hydrogen-bond acceptors (Lipinski definition) is 3. The van der Waals surface area contributed by atoms with Gasteiger partial charge >= 0.3 is 0 Å². The number of halogens is 1. The first-order valence-electron chi connectivity index (χ1n) is 5.75. The molecule has 0 radical (unpaired) electrons. The lowest BCUT2D eigenvalue weighted by molar-refractivity contribution is 0.0919. The molecule has 2 aromatic carbocycles.